The van der Waals surface area contributed by atoms with Crippen LogP contribution in [0, 0.1) is 22.7 Å². The molecule has 0 amide bonds. The van der Waals surface area contributed by atoms with Crippen molar-refractivity contribution in [1.82, 2.24) is 9.55 Å². The van der Waals surface area contributed by atoms with Crippen molar-refractivity contribution in [1.29, 1.82) is 10.5 Å². The van der Waals surface area contributed by atoms with Crippen LogP contribution in [-0.2, 0) is 6.54 Å². The van der Waals surface area contributed by atoms with Gasteiger partial charge in [0.05, 0.1) is 12.9 Å². The second-order valence-electron chi connectivity index (χ2n) is 2.92. The van der Waals surface area contributed by atoms with Gasteiger partial charge in [0, 0.05) is 0 Å². The van der Waals surface area contributed by atoms with Gasteiger partial charge in [0.15, 0.2) is 11.4 Å². The van der Waals surface area contributed by atoms with Crippen molar-refractivity contribution in [3.63, 3.8) is 0 Å². The highest BCUT2D eigenvalue weighted by atomic mass is 32.1. The Morgan fingerprint density at radius 3 is 2.87 bits per heavy atom. The van der Waals surface area contributed by atoms with Crippen LogP contribution in [0.25, 0.3) is 0 Å². The molecule has 0 aromatic carbocycles. The molecule has 4 nitrogen and oxygen atoms in total. The van der Waals surface area contributed by atoms with E-state index < -0.39 is 0 Å². The Kier molecular flexibility index (Phi) is 2.49. The van der Waals surface area contributed by atoms with Gasteiger partial charge in [-0.05, 0) is 22.4 Å². The van der Waals surface area contributed by atoms with E-state index in [9.17, 15) is 0 Å². The minimum Gasteiger partial charge on any atom is -0.317 e. The highest BCUT2D eigenvalue weighted by molar-refractivity contribution is 7.07. The molecule has 0 N–H and O–H groups in total. The molecule has 0 aliphatic rings. The summed E-state index contributed by atoms with van der Waals surface area (Å²) in [6.07, 6.45) is 1.52. The highest BCUT2D eigenvalue weighted by Crippen LogP contribution is 2.11. The quantitative estimate of drug-likeness (QED) is 0.764. The van der Waals surface area contributed by atoms with Gasteiger partial charge < -0.3 is 4.57 Å². The van der Waals surface area contributed by atoms with Crippen LogP contribution in [0.5, 0.6) is 0 Å². The van der Waals surface area contributed by atoms with Crippen molar-refractivity contribution in [3.8, 4) is 12.1 Å². The standard InChI is InChI=1S/C10H6N4S/c11-3-9-10(4-12)14(7-13-9)5-8-1-2-15-6-8/h1-2,6-7H,5H2. The monoisotopic (exact) mass is 214 g/mol. The summed E-state index contributed by atoms with van der Waals surface area (Å²) in [5.41, 5.74) is 1.62. The maximum absolute atomic E-state index is 8.89. The molecule has 0 radical (unpaired) electrons. The van der Waals surface area contributed by atoms with Crippen molar-refractivity contribution in [3.05, 3.63) is 40.1 Å². The SMILES string of the molecule is N#Cc1ncn(Cc2ccsc2)c1C#N. The molecular formula is C10H6N4S. The van der Waals surface area contributed by atoms with Gasteiger partial charge in [0.25, 0.3) is 0 Å². The predicted octanol–water partition coefficient (Wildman–Crippen LogP) is 1.74. The number of aromatic nitrogens is 2. The largest absolute Gasteiger partial charge is 0.317 e. The molecule has 15 heavy (non-hydrogen) atoms. The molecular weight excluding hydrogens is 208 g/mol. The Balaban J connectivity index is 2.35. The van der Waals surface area contributed by atoms with Crippen molar-refractivity contribution in [2.75, 3.05) is 0 Å². The van der Waals surface area contributed by atoms with Gasteiger partial charge in [-0.1, -0.05) is 0 Å². The van der Waals surface area contributed by atoms with Gasteiger partial charge in [-0.3, -0.25) is 0 Å². The fourth-order valence-corrected chi connectivity index (χ4v) is 1.94. The summed E-state index contributed by atoms with van der Waals surface area (Å²) in [7, 11) is 0. The Morgan fingerprint density at radius 1 is 1.40 bits per heavy atom. The number of hydrogen-bond donors (Lipinski definition) is 0. The molecule has 0 aliphatic carbocycles. The van der Waals surface area contributed by atoms with Gasteiger partial charge in [-0.25, -0.2) is 4.98 Å². The third-order valence-electron chi connectivity index (χ3n) is 1.98. The number of nitriles is 2. The van der Waals surface area contributed by atoms with Crippen LogP contribution in [0.1, 0.15) is 17.0 Å². The Bertz CT molecular complexity index is 539. The zero-order valence-corrected chi connectivity index (χ0v) is 8.53. The molecule has 72 valence electrons. The molecule has 0 bridgehead atoms. The average molecular weight is 214 g/mol. The molecule has 2 aromatic heterocycles. The highest BCUT2D eigenvalue weighted by Gasteiger charge is 2.09. The summed E-state index contributed by atoms with van der Waals surface area (Å²) < 4.78 is 1.68. The van der Waals surface area contributed by atoms with Gasteiger partial charge in [0.2, 0.25) is 0 Å². The normalized spacial score (nSPS) is 9.47. The number of nitrogens with zero attached hydrogens (tertiary/aromatic N) is 4. The van der Waals surface area contributed by atoms with E-state index in [0.717, 1.165) is 5.56 Å². The lowest BCUT2D eigenvalue weighted by Gasteiger charge is -2.00. The van der Waals surface area contributed by atoms with Crippen LogP contribution in [0.2, 0.25) is 0 Å². The number of thiophene rings is 1. The maximum atomic E-state index is 8.89. The second-order valence-corrected chi connectivity index (χ2v) is 3.70. The third kappa shape index (κ3) is 1.74. The summed E-state index contributed by atoms with van der Waals surface area (Å²) >= 11 is 1.60. The summed E-state index contributed by atoms with van der Waals surface area (Å²) in [6.45, 7) is 0.584. The van der Waals surface area contributed by atoms with Crippen LogP contribution in [0.3, 0.4) is 0 Å². The minimum absolute atomic E-state index is 0.188. The minimum atomic E-state index is 0.188. The Morgan fingerprint density at radius 2 is 2.27 bits per heavy atom. The number of imidazole rings is 1. The lowest BCUT2D eigenvalue weighted by Crippen LogP contribution is -2.00. The molecule has 2 aromatic rings. The van der Waals surface area contributed by atoms with Gasteiger partial charge in [0.1, 0.15) is 12.1 Å². The smallest absolute Gasteiger partial charge is 0.176 e. The molecule has 0 saturated heterocycles. The second kappa shape index (κ2) is 3.95. The summed E-state index contributed by atoms with van der Waals surface area (Å²) in [5.74, 6) is 0. The van der Waals surface area contributed by atoms with Crippen LogP contribution in [0.4, 0.5) is 0 Å². The molecule has 2 heterocycles. The van der Waals surface area contributed by atoms with E-state index in [1.807, 2.05) is 29.0 Å². The first-order valence-corrected chi connectivity index (χ1v) is 5.16. The molecule has 0 spiro atoms. The zero-order valence-electron chi connectivity index (χ0n) is 7.71. The lowest BCUT2D eigenvalue weighted by atomic mass is 10.3. The first-order valence-electron chi connectivity index (χ1n) is 4.21. The van der Waals surface area contributed by atoms with Gasteiger partial charge in [-0.2, -0.15) is 21.9 Å². The maximum Gasteiger partial charge on any atom is 0.176 e. The molecule has 0 saturated carbocycles. The average Bonchev–Trinajstić information content (AvgIpc) is 2.87. The fourth-order valence-electron chi connectivity index (χ4n) is 1.28. The van der Waals surface area contributed by atoms with Crippen molar-refractivity contribution in [2.45, 2.75) is 6.54 Å². The van der Waals surface area contributed by atoms with E-state index in [1.54, 1.807) is 15.9 Å². The van der Waals surface area contributed by atoms with E-state index >= 15 is 0 Å². The number of rotatable bonds is 2. The summed E-state index contributed by atoms with van der Waals surface area (Å²) in [4.78, 5) is 3.87. The van der Waals surface area contributed by atoms with Crippen molar-refractivity contribution >= 4 is 11.3 Å². The van der Waals surface area contributed by atoms with Gasteiger partial charge in [-0.15, -0.1) is 0 Å². The molecule has 0 unspecified atom stereocenters. The van der Waals surface area contributed by atoms with Crippen LogP contribution < -0.4 is 0 Å². The van der Waals surface area contributed by atoms with E-state index in [0.29, 0.717) is 12.2 Å². The molecule has 0 atom stereocenters. The molecule has 2 rings (SSSR count). The van der Waals surface area contributed by atoms with Crippen molar-refractivity contribution in [2.24, 2.45) is 0 Å². The van der Waals surface area contributed by atoms with E-state index in [-0.39, 0.29) is 5.69 Å². The first-order chi connectivity index (χ1) is 7.35. The van der Waals surface area contributed by atoms with Crippen LogP contribution in [-0.4, -0.2) is 9.55 Å². The van der Waals surface area contributed by atoms with E-state index in [4.69, 9.17) is 10.5 Å². The zero-order chi connectivity index (χ0) is 10.7. The molecule has 0 aliphatic heterocycles. The lowest BCUT2D eigenvalue weighted by molar-refractivity contribution is 0.788. The Hall–Kier alpha value is -2.11. The summed E-state index contributed by atoms with van der Waals surface area (Å²) in [6, 6.07) is 5.87. The van der Waals surface area contributed by atoms with Gasteiger partial charge >= 0.3 is 0 Å². The fraction of sp³-hybridized carbons (Fsp3) is 0.100. The van der Waals surface area contributed by atoms with E-state index in [2.05, 4.69) is 4.98 Å². The molecule has 5 heteroatoms. The number of hydrogen-bond acceptors (Lipinski definition) is 4. The van der Waals surface area contributed by atoms with Crippen LogP contribution in [0.15, 0.2) is 23.2 Å². The first kappa shape index (κ1) is 9.45. The van der Waals surface area contributed by atoms with Crippen LogP contribution >= 0.6 is 11.3 Å². The molecule has 0 fully saturated rings. The topological polar surface area (TPSA) is 65.4 Å². The van der Waals surface area contributed by atoms with Crippen molar-refractivity contribution < 1.29 is 0 Å². The summed E-state index contributed by atoms with van der Waals surface area (Å²) in [5, 5.41) is 21.6. The van der Waals surface area contributed by atoms with E-state index in [1.165, 1.54) is 6.33 Å². The Labute approximate surface area is 90.6 Å². The third-order valence-corrected chi connectivity index (χ3v) is 2.71. The predicted molar refractivity (Wildman–Crippen MR) is 55.1 cm³/mol.